The molecule has 0 unspecified atom stereocenters. The molecule has 1 amide bonds. The number of anilines is 1. The van der Waals surface area contributed by atoms with Crippen molar-refractivity contribution >= 4 is 17.7 Å². The smallest absolute Gasteiger partial charge is 0.248 e. The second-order valence-electron chi connectivity index (χ2n) is 4.52. The Labute approximate surface area is 134 Å². The molecule has 0 saturated carbocycles. The molecular weight excluding hydrogens is 296 g/mol. The van der Waals surface area contributed by atoms with E-state index in [1.807, 2.05) is 0 Å². The maximum absolute atomic E-state index is 11.9. The van der Waals surface area contributed by atoms with Crippen molar-refractivity contribution < 1.29 is 19.0 Å². The molecule has 1 N–H and O–H groups in total. The predicted octanol–water partition coefficient (Wildman–Crippen LogP) is 2.76. The lowest BCUT2D eigenvalue weighted by molar-refractivity contribution is -0.111. The quantitative estimate of drug-likeness (QED) is 0.830. The third kappa shape index (κ3) is 4.23. The largest absolute Gasteiger partial charge is 0.493 e. The fourth-order valence-electron chi connectivity index (χ4n) is 1.99. The van der Waals surface area contributed by atoms with Crippen LogP contribution in [0.4, 0.5) is 5.69 Å². The van der Waals surface area contributed by atoms with Crippen molar-refractivity contribution in [3.63, 3.8) is 0 Å². The van der Waals surface area contributed by atoms with Crippen LogP contribution in [0.5, 0.6) is 17.2 Å². The van der Waals surface area contributed by atoms with E-state index in [4.69, 9.17) is 14.2 Å². The van der Waals surface area contributed by atoms with E-state index < -0.39 is 0 Å². The van der Waals surface area contributed by atoms with Gasteiger partial charge in [0.05, 0.1) is 33.2 Å². The summed E-state index contributed by atoms with van der Waals surface area (Å²) in [6.07, 6.45) is 6.30. The summed E-state index contributed by atoms with van der Waals surface area (Å²) in [5.74, 6) is 1.30. The summed E-state index contributed by atoms with van der Waals surface area (Å²) in [5, 5.41) is 2.72. The third-order valence-electron chi connectivity index (χ3n) is 3.04. The van der Waals surface area contributed by atoms with Gasteiger partial charge in [-0.3, -0.25) is 9.78 Å². The Hall–Kier alpha value is -3.02. The van der Waals surface area contributed by atoms with Crippen molar-refractivity contribution in [1.82, 2.24) is 4.98 Å². The van der Waals surface area contributed by atoms with Crippen LogP contribution in [0, 0.1) is 0 Å². The minimum atomic E-state index is -0.258. The number of ether oxygens (including phenoxy) is 3. The van der Waals surface area contributed by atoms with Gasteiger partial charge in [0.15, 0.2) is 11.5 Å². The lowest BCUT2D eigenvalue weighted by Gasteiger charge is -2.12. The third-order valence-corrected chi connectivity index (χ3v) is 3.04. The number of benzene rings is 1. The highest BCUT2D eigenvalue weighted by Gasteiger charge is 2.12. The Kier molecular flexibility index (Phi) is 5.57. The number of pyridine rings is 1. The summed E-state index contributed by atoms with van der Waals surface area (Å²) in [4.78, 5) is 15.8. The van der Waals surface area contributed by atoms with Crippen LogP contribution in [0.25, 0.3) is 6.08 Å². The standard InChI is InChI=1S/C17H18N2O4/c1-21-14-9-12(10-15(22-2)17(14)23-3)6-7-16(20)19-13-5-4-8-18-11-13/h4-11H,1-3H3,(H,19,20)/b7-6+. The molecule has 0 aliphatic heterocycles. The summed E-state index contributed by atoms with van der Waals surface area (Å²) in [5.41, 5.74) is 1.38. The first-order valence-electron chi connectivity index (χ1n) is 6.87. The molecule has 6 heteroatoms. The van der Waals surface area contributed by atoms with Gasteiger partial charge < -0.3 is 19.5 Å². The van der Waals surface area contributed by atoms with Crippen LogP contribution < -0.4 is 19.5 Å². The van der Waals surface area contributed by atoms with Crippen molar-refractivity contribution in [2.75, 3.05) is 26.6 Å². The van der Waals surface area contributed by atoms with Crippen molar-refractivity contribution in [2.24, 2.45) is 0 Å². The Balaban J connectivity index is 2.17. The second kappa shape index (κ2) is 7.84. The number of carbonyl (C=O) groups excluding carboxylic acids is 1. The van der Waals surface area contributed by atoms with Gasteiger partial charge in [-0.05, 0) is 35.9 Å². The average Bonchev–Trinajstić information content (AvgIpc) is 2.59. The van der Waals surface area contributed by atoms with E-state index in [2.05, 4.69) is 10.3 Å². The normalized spacial score (nSPS) is 10.4. The summed E-state index contributed by atoms with van der Waals surface area (Å²) in [7, 11) is 4.62. The molecule has 120 valence electrons. The van der Waals surface area contributed by atoms with Crippen molar-refractivity contribution in [3.8, 4) is 17.2 Å². The molecule has 0 aliphatic rings. The Morgan fingerprint density at radius 2 is 1.83 bits per heavy atom. The topological polar surface area (TPSA) is 69.7 Å². The number of nitrogens with zero attached hydrogens (tertiary/aromatic N) is 1. The second-order valence-corrected chi connectivity index (χ2v) is 4.52. The zero-order valence-corrected chi connectivity index (χ0v) is 13.2. The van der Waals surface area contributed by atoms with E-state index >= 15 is 0 Å². The van der Waals surface area contributed by atoms with Gasteiger partial charge in [-0.1, -0.05) is 0 Å². The van der Waals surface area contributed by atoms with Gasteiger partial charge in [0, 0.05) is 12.3 Å². The lowest BCUT2D eigenvalue weighted by Crippen LogP contribution is -2.07. The molecule has 0 radical (unpaired) electrons. The van der Waals surface area contributed by atoms with Gasteiger partial charge in [-0.15, -0.1) is 0 Å². The number of rotatable bonds is 6. The van der Waals surface area contributed by atoms with Gasteiger partial charge >= 0.3 is 0 Å². The van der Waals surface area contributed by atoms with Crippen LogP contribution in [0.1, 0.15) is 5.56 Å². The number of hydrogen-bond acceptors (Lipinski definition) is 5. The Bertz CT molecular complexity index is 674. The fourth-order valence-corrected chi connectivity index (χ4v) is 1.99. The van der Waals surface area contributed by atoms with E-state index in [0.29, 0.717) is 22.9 Å². The average molecular weight is 314 g/mol. The molecular formula is C17H18N2O4. The van der Waals surface area contributed by atoms with E-state index in [0.717, 1.165) is 5.56 Å². The minimum absolute atomic E-state index is 0.258. The monoisotopic (exact) mass is 314 g/mol. The molecule has 2 aromatic rings. The molecule has 0 spiro atoms. The van der Waals surface area contributed by atoms with Crippen molar-refractivity contribution in [1.29, 1.82) is 0 Å². The lowest BCUT2D eigenvalue weighted by atomic mass is 10.1. The molecule has 0 bridgehead atoms. The van der Waals surface area contributed by atoms with E-state index in [1.165, 1.54) is 13.2 Å². The SMILES string of the molecule is COc1cc(/C=C/C(=O)Nc2cccnc2)cc(OC)c1OC. The number of amides is 1. The molecule has 0 fully saturated rings. The fraction of sp³-hybridized carbons (Fsp3) is 0.176. The molecule has 0 aliphatic carbocycles. The van der Waals surface area contributed by atoms with Crippen LogP contribution in [0.3, 0.4) is 0 Å². The highest BCUT2D eigenvalue weighted by molar-refractivity contribution is 6.01. The van der Waals surface area contributed by atoms with E-state index in [-0.39, 0.29) is 5.91 Å². The first kappa shape index (κ1) is 16.4. The summed E-state index contributed by atoms with van der Waals surface area (Å²) in [6, 6.07) is 7.03. The van der Waals surface area contributed by atoms with Crippen LogP contribution in [0.15, 0.2) is 42.7 Å². The van der Waals surface area contributed by atoms with Crippen molar-refractivity contribution in [3.05, 3.63) is 48.3 Å². The Morgan fingerprint density at radius 3 is 2.35 bits per heavy atom. The number of carbonyl (C=O) groups is 1. The van der Waals surface area contributed by atoms with Crippen LogP contribution in [-0.4, -0.2) is 32.2 Å². The summed E-state index contributed by atoms with van der Waals surface area (Å²) >= 11 is 0. The maximum Gasteiger partial charge on any atom is 0.248 e. The summed E-state index contributed by atoms with van der Waals surface area (Å²) < 4.78 is 15.8. The minimum Gasteiger partial charge on any atom is -0.493 e. The molecule has 2 rings (SSSR count). The van der Waals surface area contributed by atoms with Gasteiger partial charge in [-0.2, -0.15) is 0 Å². The van der Waals surface area contributed by atoms with Gasteiger partial charge in [0.2, 0.25) is 11.7 Å². The molecule has 0 atom stereocenters. The molecule has 1 heterocycles. The first-order chi connectivity index (χ1) is 11.2. The zero-order valence-electron chi connectivity index (χ0n) is 13.2. The number of hydrogen-bond donors (Lipinski definition) is 1. The number of methoxy groups -OCH3 is 3. The zero-order chi connectivity index (χ0) is 16.7. The predicted molar refractivity (Wildman–Crippen MR) is 88.0 cm³/mol. The van der Waals surface area contributed by atoms with E-state index in [1.54, 1.807) is 57.0 Å². The van der Waals surface area contributed by atoms with Gasteiger partial charge in [-0.25, -0.2) is 0 Å². The molecule has 6 nitrogen and oxygen atoms in total. The molecule has 23 heavy (non-hydrogen) atoms. The molecule has 1 aromatic heterocycles. The van der Waals surface area contributed by atoms with Crippen LogP contribution in [-0.2, 0) is 4.79 Å². The highest BCUT2D eigenvalue weighted by atomic mass is 16.5. The molecule has 1 aromatic carbocycles. The van der Waals surface area contributed by atoms with Crippen molar-refractivity contribution in [2.45, 2.75) is 0 Å². The highest BCUT2D eigenvalue weighted by Crippen LogP contribution is 2.38. The van der Waals surface area contributed by atoms with Gasteiger partial charge in [0.1, 0.15) is 0 Å². The number of aromatic nitrogens is 1. The number of nitrogens with one attached hydrogen (secondary N) is 1. The van der Waals surface area contributed by atoms with Crippen LogP contribution in [0.2, 0.25) is 0 Å². The maximum atomic E-state index is 11.9. The Morgan fingerprint density at radius 1 is 1.13 bits per heavy atom. The first-order valence-corrected chi connectivity index (χ1v) is 6.87. The molecule has 0 saturated heterocycles. The van der Waals surface area contributed by atoms with E-state index in [9.17, 15) is 4.79 Å². The van der Waals surface area contributed by atoms with Crippen LogP contribution >= 0.6 is 0 Å². The summed E-state index contributed by atoms with van der Waals surface area (Å²) in [6.45, 7) is 0. The van der Waals surface area contributed by atoms with Gasteiger partial charge in [0.25, 0.3) is 0 Å².